The fourth-order valence-corrected chi connectivity index (χ4v) is 3.07. The first kappa shape index (κ1) is 16.4. The van der Waals surface area contributed by atoms with Gasteiger partial charge in [0, 0.05) is 24.7 Å². The van der Waals surface area contributed by atoms with Crippen LogP contribution in [0.4, 0.5) is 0 Å². The number of amides is 1. The molecule has 0 aliphatic carbocycles. The molecule has 1 saturated heterocycles. The van der Waals surface area contributed by atoms with Gasteiger partial charge in [-0.3, -0.25) is 4.79 Å². The molecular weight excluding hydrogens is 282 g/mol. The zero-order valence-corrected chi connectivity index (χ0v) is 12.7. The maximum absolute atomic E-state index is 12.6. The zero-order chi connectivity index (χ0) is 16.2. The van der Waals surface area contributed by atoms with Gasteiger partial charge in [-0.1, -0.05) is 13.3 Å². The van der Waals surface area contributed by atoms with Crippen LogP contribution in [0.2, 0.25) is 0 Å². The molecule has 1 aliphatic rings. The summed E-state index contributed by atoms with van der Waals surface area (Å²) in [5.41, 5.74) is 0.0305. The van der Waals surface area contributed by atoms with Crippen molar-refractivity contribution in [3.63, 3.8) is 0 Å². The molecule has 118 valence electrons. The second-order valence-corrected chi connectivity index (χ2v) is 5.85. The smallest absolute Gasteiger partial charge is 0.255 e. The Kier molecular flexibility index (Phi) is 5.11. The van der Waals surface area contributed by atoms with Gasteiger partial charge >= 0.3 is 0 Å². The quantitative estimate of drug-likeness (QED) is 0.862. The minimum Gasteiger partial charge on any atom is -0.396 e. The Morgan fingerprint density at radius 1 is 1.59 bits per heavy atom. The van der Waals surface area contributed by atoms with Gasteiger partial charge in [0.15, 0.2) is 0 Å². The van der Waals surface area contributed by atoms with Crippen LogP contribution in [-0.2, 0) is 0 Å². The summed E-state index contributed by atoms with van der Waals surface area (Å²) < 4.78 is 0. The van der Waals surface area contributed by atoms with Crippen LogP contribution in [0, 0.1) is 16.7 Å². The number of nitriles is 1. The van der Waals surface area contributed by atoms with Gasteiger partial charge in [-0.15, -0.1) is 0 Å². The van der Waals surface area contributed by atoms with E-state index in [9.17, 15) is 15.0 Å². The van der Waals surface area contributed by atoms with Gasteiger partial charge in [0.1, 0.15) is 11.8 Å². The van der Waals surface area contributed by atoms with Crippen molar-refractivity contribution in [3.8, 4) is 6.07 Å². The predicted octanol–water partition coefficient (Wildman–Crippen LogP) is 0.939. The lowest BCUT2D eigenvalue weighted by molar-refractivity contribution is -0.0720. The minimum absolute atomic E-state index is 0.141. The van der Waals surface area contributed by atoms with Crippen LogP contribution in [0.5, 0.6) is 0 Å². The van der Waals surface area contributed by atoms with E-state index in [1.165, 1.54) is 12.3 Å². The number of likely N-dealkylation sites (tertiary alicyclic amines) is 1. The summed E-state index contributed by atoms with van der Waals surface area (Å²) in [6.45, 7) is 2.63. The molecule has 6 heteroatoms. The fourth-order valence-electron chi connectivity index (χ4n) is 3.07. The van der Waals surface area contributed by atoms with Crippen molar-refractivity contribution < 1.29 is 15.0 Å². The van der Waals surface area contributed by atoms with Crippen molar-refractivity contribution in [1.82, 2.24) is 9.88 Å². The number of aliphatic hydroxyl groups excluding tert-OH is 2. The topological polar surface area (TPSA) is 97.5 Å². The highest BCUT2D eigenvalue weighted by Gasteiger charge is 2.43. The Hall–Kier alpha value is -1.97. The molecule has 22 heavy (non-hydrogen) atoms. The molecule has 1 aromatic heterocycles. The maximum Gasteiger partial charge on any atom is 0.255 e. The van der Waals surface area contributed by atoms with Gasteiger partial charge in [0.05, 0.1) is 18.3 Å². The number of hydrogen-bond acceptors (Lipinski definition) is 5. The van der Waals surface area contributed by atoms with Gasteiger partial charge in [0.2, 0.25) is 0 Å². The molecule has 6 nitrogen and oxygen atoms in total. The highest BCUT2D eigenvalue weighted by atomic mass is 16.3. The van der Waals surface area contributed by atoms with Gasteiger partial charge in [-0.25, -0.2) is 4.98 Å². The van der Waals surface area contributed by atoms with Crippen LogP contribution in [-0.4, -0.2) is 51.8 Å². The summed E-state index contributed by atoms with van der Waals surface area (Å²) >= 11 is 0. The molecule has 2 rings (SSSR count). The molecule has 1 aromatic rings. The Labute approximate surface area is 130 Å². The Bertz CT molecular complexity index is 567. The molecule has 0 radical (unpaired) electrons. The highest BCUT2D eigenvalue weighted by Crippen LogP contribution is 2.35. The molecule has 0 spiro atoms. The molecule has 0 aromatic carbocycles. The van der Waals surface area contributed by atoms with E-state index in [-0.39, 0.29) is 18.2 Å². The van der Waals surface area contributed by atoms with E-state index < -0.39 is 11.5 Å². The fraction of sp³-hybridized carbons (Fsp3) is 0.562. The average molecular weight is 303 g/mol. The van der Waals surface area contributed by atoms with Crippen molar-refractivity contribution in [2.24, 2.45) is 5.41 Å². The summed E-state index contributed by atoms with van der Waals surface area (Å²) in [4.78, 5) is 18.1. The number of hydrogen-bond donors (Lipinski definition) is 2. The van der Waals surface area contributed by atoms with Gasteiger partial charge in [0.25, 0.3) is 5.91 Å². The molecule has 1 fully saturated rings. The molecular formula is C16H21N3O3. The van der Waals surface area contributed by atoms with E-state index in [2.05, 4.69) is 4.98 Å². The van der Waals surface area contributed by atoms with E-state index in [4.69, 9.17) is 5.26 Å². The van der Waals surface area contributed by atoms with Gasteiger partial charge in [-0.2, -0.15) is 5.26 Å². The van der Waals surface area contributed by atoms with Crippen LogP contribution in [0.25, 0.3) is 0 Å². The lowest BCUT2D eigenvalue weighted by Gasteiger charge is -2.45. The van der Waals surface area contributed by atoms with E-state index in [1.54, 1.807) is 11.0 Å². The third kappa shape index (κ3) is 3.11. The molecule has 0 bridgehead atoms. The van der Waals surface area contributed by atoms with Crippen molar-refractivity contribution >= 4 is 5.91 Å². The summed E-state index contributed by atoms with van der Waals surface area (Å²) in [5, 5.41) is 28.7. The Balaban J connectivity index is 2.17. The van der Waals surface area contributed by atoms with Crippen molar-refractivity contribution in [2.45, 2.75) is 32.3 Å². The van der Waals surface area contributed by atoms with Crippen LogP contribution in [0.1, 0.15) is 42.2 Å². The van der Waals surface area contributed by atoms with Crippen LogP contribution in [0.15, 0.2) is 18.3 Å². The number of nitrogens with zero attached hydrogens (tertiary/aromatic N) is 3. The zero-order valence-electron chi connectivity index (χ0n) is 12.7. The van der Waals surface area contributed by atoms with E-state index >= 15 is 0 Å². The Morgan fingerprint density at radius 2 is 2.36 bits per heavy atom. The Morgan fingerprint density at radius 3 is 2.91 bits per heavy atom. The predicted molar refractivity (Wildman–Crippen MR) is 79.9 cm³/mol. The van der Waals surface area contributed by atoms with Crippen molar-refractivity contribution in [3.05, 3.63) is 29.6 Å². The second-order valence-electron chi connectivity index (χ2n) is 5.85. The summed E-state index contributed by atoms with van der Waals surface area (Å²) in [6, 6.07) is 5.01. The molecule has 0 saturated carbocycles. The number of pyridine rings is 1. The summed E-state index contributed by atoms with van der Waals surface area (Å²) in [7, 11) is 0. The van der Waals surface area contributed by atoms with E-state index in [0.717, 1.165) is 6.42 Å². The van der Waals surface area contributed by atoms with Crippen molar-refractivity contribution in [2.75, 3.05) is 19.7 Å². The van der Waals surface area contributed by atoms with Crippen LogP contribution < -0.4 is 0 Å². The first-order valence-corrected chi connectivity index (χ1v) is 7.50. The molecule has 1 aliphatic heterocycles. The van der Waals surface area contributed by atoms with E-state index in [0.29, 0.717) is 31.5 Å². The standard InChI is InChI=1S/C16H21N3O3/c1-2-6-16(11-20)10-19(7-5-14(16)21)15(22)12-3-4-13(8-17)18-9-12/h3-4,9,14,20-21H,2,5-7,10-11H2,1H3/t14-,16-/m0/s1. The van der Waals surface area contributed by atoms with Crippen molar-refractivity contribution in [1.29, 1.82) is 5.26 Å². The van der Waals surface area contributed by atoms with Crippen LogP contribution in [0.3, 0.4) is 0 Å². The molecule has 2 N–H and O–H groups in total. The highest BCUT2D eigenvalue weighted by molar-refractivity contribution is 5.94. The lowest BCUT2D eigenvalue weighted by atomic mass is 9.74. The largest absolute Gasteiger partial charge is 0.396 e. The number of aromatic nitrogens is 1. The summed E-state index contributed by atoms with van der Waals surface area (Å²) in [6.07, 6.45) is 2.75. The third-order valence-corrected chi connectivity index (χ3v) is 4.36. The molecule has 2 heterocycles. The van der Waals surface area contributed by atoms with Gasteiger partial charge < -0.3 is 15.1 Å². The normalized spacial score (nSPS) is 24.8. The number of carbonyl (C=O) groups excluding carboxylic acids is 1. The van der Waals surface area contributed by atoms with Gasteiger partial charge in [-0.05, 0) is 25.0 Å². The molecule has 2 atom stereocenters. The summed E-state index contributed by atoms with van der Waals surface area (Å²) in [5.74, 6) is -0.183. The molecule has 1 amide bonds. The average Bonchev–Trinajstić information content (AvgIpc) is 2.56. The number of aliphatic hydroxyl groups is 2. The maximum atomic E-state index is 12.6. The number of carbonyl (C=O) groups is 1. The first-order valence-electron chi connectivity index (χ1n) is 7.50. The molecule has 0 unspecified atom stereocenters. The monoisotopic (exact) mass is 303 g/mol. The second kappa shape index (κ2) is 6.86. The van der Waals surface area contributed by atoms with E-state index in [1.807, 2.05) is 13.0 Å². The first-order chi connectivity index (χ1) is 10.6. The van der Waals surface area contributed by atoms with Crippen LogP contribution >= 0.6 is 0 Å². The SMILES string of the molecule is CCC[C@@]1(CO)CN(C(=O)c2ccc(C#N)nc2)CC[C@@H]1O. The lowest BCUT2D eigenvalue weighted by Crippen LogP contribution is -2.55. The third-order valence-electron chi connectivity index (χ3n) is 4.36. The number of rotatable bonds is 4. The minimum atomic E-state index is -0.650. The number of piperidine rings is 1.